The third-order valence-corrected chi connectivity index (χ3v) is 6.22. The molecule has 0 atom stereocenters. The quantitative estimate of drug-likeness (QED) is 0.728. The van der Waals surface area contributed by atoms with Crippen molar-refractivity contribution in [2.45, 2.75) is 24.2 Å². The van der Waals surface area contributed by atoms with Crippen LogP contribution < -0.4 is 4.74 Å². The lowest BCUT2D eigenvalue weighted by atomic mass is 10.0. The van der Waals surface area contributed by atoms with Crippen LogP contribution >= 0.6 is 15.9 Å². The molecule has 0 spiro atoms. The first kappa shape index (κ1) is 18.2. The Balaban J connectivity index is 1.98. The number of benzene rings is 2. The van der Waals surface area contributed by atoms with Crippen molar-refractivity contribution in [2.24, 2.45) is 0 Å². The molecule has 0 aromatic heterocycles. The van der Waals surface area contributed by atoms with Gasteiger partial charge in [0.1, 0.15) is 4.90 Å². The zero-order valence-electron chi connectivity index (χ0n) is 12.8. The van der Waals surface area contributed by atoms with E-state index in [1.807, 2.05) is 18.2 Å². The van der Waals surface area contributed by atoms with Crippen LogP contribution in [-0.4, -0.2) is 25.6 Å². The van der Waals surface area contributed by atoms with Crippen molar-refractivity contribution in [2.75, 3.05) is 6.54 Å². The van der Waals surface area contributed by atoms with Crippen LogP contribution in [-0.2, 0) is 23.0 Å². The first-order valence-electron chi connectivity index (χ1n) is 7.29. The van der Waals surface area contributed by atoms with Crippen molar-refractivity contribution in [3.63, 3.8) is 0 Å². The van der Waals surface area contributed by atoms with Gasteiger partial charge in [0.05, 0.1) is 0 Å². The number of ether oxygens (including phenoxy) is 1. The van der Waals surface area contributed by atoms with Gasteiger partial charge in [-0.1, -0.05) is 40.2 Å². The van der Waals surface area contributed by atoms with Gasteiger partial charge in [-0.2, -0.15) is 4.31 Å². The maximum atomic E-state index is 12.9. The summed E-state index contributed by atoms with van der Waals surface area (Å²) in [6.45, 7) is 0.306. The Morgan fingerprint density at radius 3 is 2.44 bits per heavy atom. The Bertz CT molecular complexity index is 900. The molecule has 0 bridgehead atoms. The molecule has 0 unspecified atom stereocenters. The molecule has 0 N–H and O–H groups in total. The number of fused-ring (bicyclic) bond motifs is 1. The monoisotopic (exact) mass is 435 g/mol. The van der Waals surface area contributed by atoms with E-state index in [2.05, 4.69) is 20.7 Å². The van der Waals surface area contributed by atoms with E-state index in [1.165, 1.54) is 10.4 Å². The average Bonchev–Trinajstić information content (AvgIpc) is 2.52. The van der Waals surface area contributed by atoms with E-state index in [4.69, 9.17) is 0 Å². The van der Waals surface area contributed by atoms with E-state index in [1.54, 1.807) is 6.07 Å². The predicted octanol–water partition coefficient (Wildman–Crippen LogP) is 4.09. The van der Waals surface area contributed by atoms with Gasteiger partial charge in [-0.15, -0.1) is 13.2 Å². The minimum atomic E-state index is -4.99. The van der Waals surface area contributed by atoms with Gasteiger partial charge in [-0.05, 0) is 35.7 Å². The maximum Gasteiger partial charge on any atom is 0.573 e. The predicted molar refractivity (Wildman–Crippen MR) is 88.6 cm³/mol. The van der Waals surface area contributed by atoms with Crippen molar-refractivity contribution in [3.8, 4) is 5.75 Å². The van der Waals surface area contributed by atoms with Crippen molar-refractivity contribution in [3.05, 3.63) is 58.1 Å². The standard InChI is InChI=1S/C16H13BrF3NO3S/c17-13-5-6-15(14(9-13)24-16(18,19)20)25(22,23)21-8-7-11-3-1-2-4-12(11)10-21/h1-6,9H,7-8,10H2. The SMILES string of the molecule is O=S(=O)(c1ccc(Br)cc1OC(F)(F)F)N1CCc2ccccc2C1. The number of halogens is 4. The third kappa shape index (κ3) is 3.99. The Hall–Kier alpha value is -1.58. The molecule has 0 radical (unpaired) electrons. The highest BCUT2D eigenvalue weighted by Gasteiger charge is 2.36. The molecule has 0 saturated carbocycles. The van der Waals surface area contributed by atoms with Crippen LogP contribution in [0.4, 0.5) is 13.2 Å². The normalized spacial score (nSPS) is 15.7. The second kappa shape index (κ2) is 6.62. The van der Waals surface area contributed by atoms with Crippen molar-refractivity contribution in [1.29, 1.82) is 0 Å². The molecule has 0 fully saturated rings. The number of hydrogen-bond acceptors (Lipinski definition) is 3. The number of sulfonamides is 1. The summed E-state index contributed by atoms with van der Waals surface area (Å²) >= 11 is 3.03. The Kier molecular flexibility index (Phi) is 4.82. The van der Waals surface area contributed by atoms with Crippen LogP contribution in [0.15, 0.2) is 51.8 Å². The molecular weight excluding hydrogens is 423 g/mol. The molecule has 9 heteroatoms. The lowest BCUT2D eigenvalue weighted by Gasteiger charge is -2.28. The molecule has 3 rings (SSSR count). The van der Waals surface area contributed by atoms with Gasteiger partial charge in [0.2, 0.25) is 10.0 Å². The summed E-state index contributed by atoms with van der Waals surface area (Å²) in [5.74, 6) is -0.749. The highest BCUT2D eigenvalue weighted by molar-refractivity contribution is 9.10. The summed E-state index contributed by atoms with van der Waals surface area (Å²) in [6.07, 6.45) is -4.49. The van der Waals surface area contributed by atoms with Gasteiger partial charge in [0.15, 0.2) is 5.75 Å². The molecule has 2 aromatic carbocycles. The van der Waals surface area contributed by atoms with Gasteiger partial charge in [-0.3, -0.25) is 0 Å². The molecule has 25 heavy (non-hydrogen) atoms. The third-order valence-electron chi connectivity index (χ3n) is 3.84. The van der Waals surface area contributed by atoms with Crippen molar-refractivity contribution < 1.29 is 26.3 Å². The van der Waals surface area contributed by atoms with Crippen LogP contribution in [0.3, 0.4) is 0 Å². The smallest absolute Gasteiger partial charge is 0.404 e. The fraction of sp³-hybridized carbons (Fsp3) is 0.250. The van der Waals surface area contributed by atoms with Crippen LogP contribution in [0, 0.1) is 0 Å². The Morgan fingerprint density at radius 2 is 1.76 bits per heavy atom. The van der Waals surface area contributed by atoms with E-state index in [9.17, 15) is 21.6 Å². The van der Waals surface area contributed by atoms with Gasteiger partial charge in [0.25, 0.3) is 0 Å². The van der Waals surface area contributed by atoms with Gasteiger partial charge in [0, 0.05) is 17.6 Å². The summed E-state index contributed by atoms with van der Waals surface area (Å²) in [6, 6.07) is 10.9. The Morgan fingerprint density at radius 1 is 1.08 bits per heavy atom. The highest BCUT2D eigenvalue weighted by Crippen LogP contribution is 2.35. The molecule has 0 amide bonds. The second-order valence-corrected chi connectivity index (χ2v) is 8.32. The Labute approximate surface area is 151 Å². The number of nitrogens with zero attached hydrogens (tertiary/aromatic N) is 1. The summed E-state index contributed by atoms with van der Waals surface area (Å²) in [5.41, 5.74) is 1.88. The average molecular weight is 436 g/mol. The lowest BCUT2D eigenvalue weighted by Crippen LogP contribution is -2.36. The minimum Gasteiger partial charge on any atom is -0.404 e. The van der Waals surface area contributed by atoms with Crippen LogP contribution in [0.2, 0.25) is 0 Å². The molecule has 0 saturated heterocycles. The molecule has 4 nitrogen and oxygen atoms in total. The summed E-state index contributed by atoms with van der Waals surface area (Å²) in [4.78, 5) is -0.507. The summed E-state index contributed by atoms with van der Waals surface area (Å²) < 4.78 is 69.0. The van der Waals surface area contributed by atoms with Gasteiger partial charge < -0.3 is 4.74 Å². The van der Waals surface area contributed by atoms with Gasteiger partial charge >= 0.3 is 6.36 Å². The molecule has 1 aliphatic heterocycles. The van der Waals surface area contributed by atoms with E-state index in [-0.39, 0.29) is 17.6 Å². The molecule has 1 aliphatic rings. The zero-order valence-corrected chi connectivity index (χ0v) is 15.2. The first-order chi connectivity index (χ1) is 11.7. The number of alkyl halides is 3. The van der Waals surface area contributed by atoms with E-state index in [0.717, 1.165) is 23.3 Å². The molecule has 1 heterocycles. The summed E-state index contributed by atoms with van der Waals surface area (Å²) in [7, 11) is -4.14. The van der Waals surface area contributed by atoms with Crippen LogP contribution in [0.5, 0.6) is 5.75 Å². The van der Waals surface area contributed by atoms with E-state index >= 15 is 0 Å². The largest absolute Gasteiger partial charge is 0.573 e. The summed E-state index contributed by atoms with van der Waals surface area (Å²) in [5, 5.41) is 0. The lowest BCUT2D eigenvalue weighted by molar-refractivity contribution is -0.275. The number of hydrogen-bond donors (Lipinski definition) is 0. The molecule has 0 aliphatic carbocycles. The first-order valence-corrected chi connectivity index (χ1v) is 9.52. The van der Waals surface area contributed by atoms with Crippen LogP contribution in [0.25, 0.3) is 0 Å². The molecule has 2 aromatic rings. The van der Waals surface area contributed by atoms with Crippen LogP contribution in [0.1, 0.15) is 11.1 Å². The van der Waals surface area contributed by atoms with E-state index in [0.29, 0.717) is 6.42 Å². The minimum absolute atomic E-state index is 0.111. The number of rotatable bonds is 3. The molecular formula is C16H13BrF3NO3S. The fourth-order valence-electron chi connectivity index (χ4n) is 2.71. The van der Waals surface area contributed by atoms with Gasteiger partial charge in [-0.25, -0.2) is 8.42 Å². The van der Waals surface area contributed by atoms with Crippen molar-refractivity contribution in [1.82, 2.24) is 4.31 Å². The maximum absolute atomic E-state index is 12.9. The van der Waals surface area contributed by atoms with E-state index < -0.39 is 27.0 Å². The fourth-order valence-corrected chi connectivity index (χ4v) is 4.57. The van der Waals surface area contributed by atoms with Crippen molar-refractivity contribution >= 4 is 26.0 Å². The molecule has 134 valence electrons. The second-order valence-electron chi connectivity index (χ2n) is 5.50. The highest BCUT2D eigenvalue weighted by atomic mass is 79.9. The topological polar surface area (TPSA) is 46.6 Å². The zero-order chi connectivity index (χ0) is 18.2.